The Morgan fingerprint density at radius 1 is 1.31 bits per heavy atom. The quantitative estimate of drug-likeness (QED) is 0.652. The molecule has 5 heteroatoms. The Balaban J connectivity index is 2.40. The first-order chi connectivity index (χ1) is 7.58. The summed E-state index contributed by atoms with van der Waals surface area (Å²) in [5.74, 6) is -0.396. The normalized spacial score (nSPS) is 10.6. The predicted octanol–water partition coefficient (Wildman–Crippen LogP) is 3.40. The third-order valence-corrected chi connectivity index (χ3v) is 2.09. The highest BCUT2D eigenvalue weighted by atomic mass is 35.5. The molecule has 1 rings (SSSR count). The molecular weight excluding hydrogens is 251 g/mol. The number of rotatable bonds is 5. The molecule has 0 aliphatic carbocycles. The molecule has 1 N–H and O–H groups in total. The van der Waals surface area contributed by atoms with E-state index in [0.717, 1.165) is 6.08 Å². The van der Waals surface area contributed by atoms with E-state index in [1.54, 1.807) is 18.2 Å². The molecule has 1 aromatic rings. The number of carboxylic acid groups (broad SMARTS) is 1. The van der Waals surface area contributed by atoms with Crippen molar-refractivity contribution in [3.8, 4) is 5.75 Å². The van der Waals surface area contributed by atoms with Crippen molar-refractivity contribution in [1.82, 2.24) is 0 Å². The summed E-state index contributed by atoms with van der Waals surface area (Å²) in [6.45, 7) is 0.375. The highest BCUT2D eigenvalue weighted by Crippen LogP contribution is 2.24. The molecule has 86 valence electrons. The smallest absolute Gasteiger partial charge is 0.327 e. The fraction of sp³-hybridized carbons (Fsp3) is 0.182. The molecule has 0 aromatic heterocycles. The van der Waals surface area contributed by atoms with Crippen LogP contribution >= 0.6 is 23.2 Å². The monoisotopic (exact) mass is 260 g/mol. The lowest BCUT2D eigenvalue weighted by molar-refractivity contribution is -0.131. The van der Waals surface area contributed by atoms with Gasteiger partial charge in [0.05, 0.1) is 6.61 Å². The first kappa shape index (κ1) is 12.9. The number of halogens is 2. The lowest BCUT2D eigenvalue weighted by Crippen LogP contribution is -1.96. The number of carboxylic acids is 1. The highest BCUT2D eigenvalue weighted by Gasteiger charge is 1.98. The van der Waals surface area contributed by atoms with Crippen molar-refractivity contribution in [2.75, 3.05) is 6.61 Å². The molecule has 0 amide bonds. The maximum atomic E-state index is 10.2. The fourth-order valence-corrected chi connectivity index (χ4v) is 1.55. The maximum absolute atomic E-state index is 10.2. The Labute approximate surface area is 103 Å². The number of hydrogen-bond donors (Lipinski definition) is 1. The summed E-state index contributed by atoms with van der Waals surface area (Å²) < 4.78 is 5.34. The van der Waals surface area contributed by atoms with Gasteiger partial charge in [0.15, 0.2) is 0 Å². The number of carbonyl (C=O) groups is 1. The zero-order valence-electron chi connectivity index (χ0n) is 8.32. The van der Waals surface area contributed by atoms with Crippen LogP contribution in [0.3, 0.4) is 0 Å². The largest absolute Gasteiger partial charge is 0.493 e. The van der Waals surface area contributed by atoms with Crippen molar-refractivity contribution in [3.05, 3.63) is 40.4 Å². The van der Waals surface area contributed by atoms with Crippen molar-refractivity contribution in [3.63, 3.8) is 0 Å². The van der Waals surface area contributed by atoms with Gasteiger partial charge in [-0.3, -0.25) is 0 Å². The Kier molecular flexibility index (Phi) is 5.15. The van der Waals surface area contributed by atoms with Gasteiger partial charge in [-0.25, -0.2) is 4.79 Å². The highest BCUT2D eigenvalue weighted by molar-refractivity contribution is 6.34. The van der Waals surface area contributed by atoms with Crippen molar-refractivity contribution < 1.29 is 14.6 Å². The van der Waals surface area contributed by atoms with Crippen molar-refractivity contribution in [2.24, 2.45) is 0 Å². The van der Waals surface area contributed by atoms with E-state index in [1.807, 2.05) is 0 Å². The van der Waals surface area contributed by atoms with E-state index in [9.17, 15) is 4.79 Å². The second-order valence-corrected chi connectivity index (χ2v) is 3.86. The Morgan fingerprint density at radius 3 is 2.50 bits per heavy atom. The van der Waals surface area contributed by atoms with Crippen molar-refractivity contribution in [1.29, 1.82) is 0 Å². The molecule has 0 spiro atoms. The predicted molar refractivity (Wildman–Crippen MR) is 63.3 cm³/mol. The van der Waals surface area contributed by atoms with Crippen LogP contribution in [0.4, 0.5) is 0 Å². The van der Waals surface area contributed by atoms with Gasteiger partial charge in [-0.1, -0.05) is 29.3 Å². The summed E-state index contributed by atoms with van der Waals surface area (Å²) in [5.41, 5.74) is 0. The molecule has 0 fully saturated rings. The SMILES string of the molecule is O=C(O)/C=C/CCOc1cc(Cl)cc(Cl)c1. The van der Waals surface area contributed by atoms with E-state index in [0.29, 0.717) is 28.8 Å². The van der Waals surface area contributed by atoms with Crippen LogP contribution in [0.2, 0.25) is 10.0 Å². The van der Waals surface area contributed by atoms with Gasteiger partial charge in [0, 0.05) is 16.1 Å². The van der Waals surface area contributed by atoms with E-state index in [4.69, 9.17) is 33.0 Å². The average Bonchev–Trinajstić information content (AvgIpc) is 2.15. The third-order valence-electron chi connectivity index (χ3n) is 1.65. The van der Waals surface area contributed by atoms with Crippen LogP contribution in [0.5, 0.6) is 5.75 Å². The third kappa shape index (κ3) is 5.05. The van der Waals surface area contributed by atoms with E-state index in [1.165, 1.54) is 6.08 Å². The number of ether oxygens (including phenoxy) is 1. The van der Waals surface area contributed by atoms with Crippen LogP contribution in [-0.2, 0) is 4.79 Å². The first-order valence-electron chi connectivity index (χ1n) is 4.56. The Bertz CT molecular complexity index is 382. The van der Waals surface area contributed by atoms with Crippen LogP contribution < -0.4 is 4.74 Å². The van der Waals surface area contributed by atoms with Gasteiger partial charge in [-0.2, -0.15) is 0 Å². The van der Waals surface area contributed by atoms with Crippen molar-refractivity contribution in [2.45, 2.75) is 6.42 Å². The topological polar surface area (TPSA) is 46.5 Å². The molecule has 0 bridgehead atoms. The Morgan fingerprint density at radius 2 is 1.94 bits per heavy atom. The number of hydrogen-bond acceptors (Lipinski definition) is 2. The maximum Gasteiger partial charge on any atom is 0.327 e. The lowest BCUT2D eigenvalue weighted by Gasteiger charge is -2.05. The van der Waals surface area contributed by atoms with Crippen LogP contribution in [0.1, 0.15) is 6.42 Å². The van der Waals surface area contributed by atoms with E-state index >= 15 is 0 Å². The van der Waals surface area contributed by atoms with Crippen LogP contribution in [-0.4, -0.2) is 17.7 Å². The van der Waals surface area contributed by atoms with Gasteiger partial charge in [0.2, 0.25) is 0 Å². The van der Waals surface area contributed by atoms with Gasteiger partial charge >= 0.3 is 5.97 Å². The molecule has 0 aliphatic rings. The second kappa shape index (κ2) is 6.40. The van der Waals surface area contributed by atoms with Crippen molar-refractivity contribution >= 4 is 29.2 Å². The van der Waals surface area contributed by atoms with Gasteiger partial charge in [-0.15, -0.1) is 0 Å². The molecule has 0 radical (unpaired) electrons. The average molecular weight is 261 g/mol. The van der Waals surface area contributed by atoms with Crippen LogP contribution in [0.15, 0.2) is 30.4 Å². The Hall–Kier alpha value is -1.19. The standard InChI is InChI=1S/C11H10Cl2O3/c12-8-5-9(13)7-10(6-8)16-4-2-1-3-11(14)15/h1,3,5-7H,2,4H2,(H,14,15)/b3-1+. The summed E-state index contributed by atoms with van der Waals surface area (Å²) in [5, 5.41) is 9.35. The molecule has 0 saturated carbocycles. The van der Waals surface area contributed by atoms with Gasteiger partial charge in [-0.05, 0) is 24.6 Å². The summed E-state index contributed by atoms with van der Waals surface area (Å²) >= 11 is 11.6. The molecule has 0 unspecified atom stereocenters. The minimum absolute atomic E-state index is 0.375. The summed E-state index contributed by atoms with van der Waals surface area (Å²) in [7, 11) is 0. The zero-order chi connectivity index (χ0) is 12.0. The van der Waals surface area contributed by atoms with E-state index in [2.05, 4.69) is 0 Å². The van der Waals surface area contributed by atoms with Gasteiger partial charge < -0.3 is 9.84 Å². The molecule has 3 nitrogen and oxygen atoms in total. The summed E-state index contributed by atoms with van der Waals surface area (Å²) in [6.07, 6.45) is 3.11. The number of aliphatic carboxylic acids is 1. The molecule has 0 heterocycles. The molecule has 1 aromatic carbocycles. The van der Waals surface area contributed by atoms with Crippen LogP contribution in [0.25, 0.3) is 0 Å². The molecular formula is C11H10Cl2O3. The molecule has 16 heavy (non-hydrogen) atoms. The molecule has 0 aliphatic heterocycles. The first-order valence-corrected chi connectivity index (χ1v) is 5.32. The second-order valence-electron chi connectivity index (χ2n) is 2.98. The van der Waals surface area contributed by atoms with E-state index in [-0.39, 0.29) is 0 Å². The van der Waals surface area contributed by atoms with Gasteiger partial charge in [0.1, 0.15) is 5.75 Å². The minimum atomic E-state index is -0.967. The molecule has 0 atom stereocenters. The number of benzene rings is 1. The lowest BCUT2D eigenvalue weighted by atomic mass is 10.3. The van der Waals surface area contributed by atoms with Gasteiger partial charge in [0.25, 0.3) is 0 Å². The van der Waals surface area contributed by atoms with Crippen LogP contribution in [0, 0.1) is 0 Å². The summed E-state index contributed by atoms with van der Waals surface area (Å²) in [4.78, 5) is 10.2. The zero-order valence-corrected chi connectivity index (χ0v) is 9.83. The van der Waals surface area contributed by atoms with E-state index < -0.39 is 5.97 Å². The summed E-state index contributed by atoms with van der Waals surface area (Å²) in [6, 6.07) is 4.91. The minimum Gasteiger partial charge on any atom is -0.493 e. The fourth-order valence-electron chi connectivity index (χ4n) is 1.04. The molecule has 0 saturated heterocycles.